The Hall–Kier alpha value is -2.09. The SMILES string of the molecule is CCC(=O)c1ccc(N(CC)c2ccccc2)cc1. The second-order valence-electron chi connectivity index (χ2n) is 4.40. The maximum atomic E-state index is 11.6. The number of nitrogens with zero attached hydrogens (tertiary/aromatic N) is 1. The van der Waals surface area contributed by atoms with Crippen LogP contribution >= 0.6 is 0 Å². The van der Waals surface area contributed by atoms with Crippen molar-refractivity contribution in [2.24, 2.45) is 0 Å². The maximum Gasteiger partial charge on any atom is 0.162 e. The standard InChI is InChI=1S/C17H19NO/c1-3-17(19)14-10-12-16(13-11-14)18(4-2)15-8-6-5-7-9-15/h5-13H,3-4H2,1-2H3. The molecule has 0 spiro atoms. The van der Waals surface area contributed by atoms with Crippen LogP contribution in [-0.2, 0) is 0 Å². The number of carbonyl (C=O) groups is 1. The molecular formula is C17H19NO. The van der Waals surface area contributed by atoms with Gasteiger partial charge in [-0.3, -0.25) is 4.79 Å². The van der Waals surface area contributed by atoms with Crippen LogP contribution in [0.5, 0.6) is 0 Å². The summed E-state index contributed by atoms with van der Waals surface area (Å²) >= 11 is 0. The lowest BCUT2D eigenvalue weighted by Gasteiger charge is -2.23. The van der Waals surface area contributed by atoms with Gasteiger partial charge in [-0.1, -0.05) is 25.1 Å². The molecular weight excluding hydrogens is 234 g/mol. The number of benzene rings is 2. The molecule has 0 unspecified atom stereocenters. The van der Waals surface area contributed by atoms with E-state index >= 15 is 0 Å². The minimum absolute atomic E-state index is 0.189. The van der Waals surface area contributed by atoms with Crippen molar-refractivity contribution in [3.8, 4) is 0 Å². The van der Waals surface area contributed by atoms with E-state index in [0.717, 1.165) is 17.8 Å². The highest BCUT2D eigenvalue weighted by atomic mass is 16.1. The first-order chi connectivity index (χ1) is 9.26. The van der Waals surface area contributed by atoms with Gasteiger partial charge in [0.2, 0.25) is 0 Å². The second kappa shape index (κ2) is 6.19. The molecule has 0 heterocycles. The van der Waals surface area contributed by atoms with Crippen LogP contribution in [0.15, 0.2) is 54.6 Å². The molecule has 0 fully saturated rings. The summed E-state index contributed by atoms with van der Waals surface area (Å²) in [5.41, 5.74) is 3.07. The highest BCUT2D eigenvalue weighted by Crippen LogP contribution is 2.25. The third-order valence-electron chi connectivity index (χ3n) is 3.21. The maximum absolute atomic E-state index is 11.6. The number of carbonyl (C=O) groups excluding carboxylic acids is 1. The summed E-state index contributed by atoms with van der Waals surface area (Å²) in [6, 6.07) is 18.1. The van der Waals surface area contributed by atoms with E-state index in [0.29, 0.717) is 6.42 Å². The Kier molecular flexibility index (Phi) is 4.35. The third-order valence-corrected chi connectivity index (χ3v) is 3.21. The van der Waals surface area contributed by atoms with Gasteiger partial charge in [-0.05, 0) is 43.3 Å². The average molecular weight is 253 g/mol. The van der Waals surface area contributed by atoms with Crippen molar-refractivity contribution in [3.63, 3.8) is 0 Å². The molecule has 0 aliphatic carbocycles. The number of hydrogen-bond donors (Lipinski definition) is 0. The van der Waals surface area contributed by atoms with E-state index in [1.165, 1.54) is 5.69 Å². The van der Waals surface area contributed by atoms with Crippen LogP contribution in [0.2, 0.25) is 0 Å². The van der Waals surface area contributed by atoms with Crippen molar-refractivity contribution >= 4 is 17.2 Å². The van der Waals surface area contributed by atoms with Crippen LogP contribution < -0.4 is 4.90 Å². The molecule has 0 amide bonds. The summed E-state index contributed by atoms with van der Waals surface area (Å²) in [6.45, 7) is 4.90. The Morgan fingerprint density at radius 2 is 1.47 bits per heavy atom. The zero-order valence-electron chi connectivity index (χ0n) is 11.5. The average Bonchev–Trinajstić information content (AvgIpc) is 2.49. The molecule has 2 aromatic rings. The lowest BCUT2D eigenvalue weighted by molar-refractivity contribution is 0.0988. The summed E-state index contributed by atoms with van der Waals surface area (Å²) in [4.78, 5) is 13.8. The van der Waals surface area contributed by atoms with E-state index in [4.69, 9.17) is 0 Å². The lowest BCUT2D eigenvalue weighted by atomic mass is 10.1. The highest BCUT2D eigenvalue weighted by Gasteiger charge is 2.08. The lowest BCUT2D eigenvalue weighted by Crippen LogP contribution is -2.15. The van der Waals surface area contributed by atoms with Crippen LogP contribution in [0.1, 0.15) is 30.6 Å². The van der Waals surface area contributed by atoms with Gasteiger partial charge in [0.05, 0.1) is 0 Å². The zero-order chi connectivity index (χ0) is 13.7. The summed E-state index contributed by atoms with van der Waals surface area (Å²) < 4.78 is 0. The Bertz CT molecular complexity index is 531. The van der Waals surface area contributed by atoms with Gasteiger partial charge < -0.3 is 4.90 Å². The molecule has 0 radical (unpaired) electrons. The third kappa shape index (κ3) is 3.02. The fourth-order valence-electron chi connectivity index (χ4n) is 2.15. The molecule has 0 N–H and O–H groups in total. The largest absolute Gasteiger partial charge is 0.342 e. The van der Waals surface area contributed by atoms with Crippen molar-refractivity contribution in [1.29, 1.82) is 0 Å². The molecule has 0 aliphatic rings. The Morgan fingerprint density at radius 1 is 0.895 bits per heavy atom. The number of rotatable bonds is 5. The topological polar surface area (TPSA) is 20.3 Å². The minimum Gasteiger partial charge on any atom is -0.342 e. The molecule has 2 aromatic carbocycles. The van der Waals surface area contributed by atoms with Gasteiger partial charge in [-0.15, -0.1) is 0 Å². The number of Topliss-reactive ketones (excluding diaryl/α,β-unsaturated/α-hetero) is 1. The summed E-state index contributed by atoms with van der Waals surface area (Å²) in [5, 5.41) is 0. The summed E-state index contributed by atoms with van der Waals surface area (Å²) in [5.74, 6) is 0.189. The quantitative estimate of drug-likeness (QED) is 0.734. The molecule has 2 heteroatoms. The van der Waals surface area contributed by atoms with E-state index in [9.17, 15) is 4.79 Å². The first-order valence-electron chi connectivity index (χ1n) is 6.72. The zero-order valence-corrected chi connectivity index (χ0v) is 11.5. The Labute approximate surface area is 114 Å². The molecule has 0 saturated heterocycles. The van der Waals surface area contributed by atoms with Gasteiger partial charge in [-0.25, -0.2) is 0 Å². The number of hydrogen-bond acceptors (Lipinski definition) is 2. The molecule has 0 atom stereocenters. The smallest absolute Gasteiger partial charge is 0.162 e. The molecule has 98 valence electrons. The molecule has 2 rings (SSSR count). The van der Waals surface area contributed by atoms with Crippen LogP contribution in [0, 0.1) is 0 Å². The molecule has 0 saturated carbocycles. The van der Waals surface area contributed by atoms with Gasteiger partial charge in [0, 0.05) is 29.9 Å². The van der Waals surface area contributed by atoms with E-state index < -0.39 is 0 Å². The number of ketones is 1. The van der Waals surface area contributed by atoms with Gasteiger partial charge in [0.25, 0.3) is 0 Å². The predicted octanol–water partition coefficient (Wildman–Crippen LogP) is 4.44. The van der Waals surface area contributed by atoms with Crippen molar-refractivity contribution in [2.75, 3.05) is 11.4 Å². The summed E-state index contributed by atoms with van der Waals surface area (Å²) in [6.07, 6.45) is 0.551. The number of para-hydroxylation sites is 1. The Morgan fingerprint density at radius 3 is 2.00 bits per heavy atom. The molecule has 0 bridgehead atoms. The van der Waals surface area contributed by atoms with Gasteiger partial charge in [0.1, 0.15) is 0 Å². The number of anilines is 2. The van der Waals surface area contributed by atoms with E-state index in [2.05, 4.69) is 24.0 Å². The van der Waals surface area contributed by atoms with Gasteiger partial charge >= 0.3 is 0 Å². The molecule has 0 aromatic heterocycles. The van der Waals surface area contributed by atoms with Crippen LogP contribution in [-0.4, -0.2) is 12.3 Å². The van der Waals surface area contributed by atoms with Crippen molar-refractivity contribution in [3.05, 3.63) is 60.2 Å². The summed E-state index contributed by atoms with van der Waals surface area (Å²) in [7, 11) is 0. The van der Waals surface area contributed by atoms with Crippen molar-refractivity contribution in [1.82, 2.24) is 0 Å². The van der Waals surface area contributed by atoms with Gasteiger partial charge in [0.15, 0.2) is 5.78 Å². The van der Waals surface area contributed by atoms with Crippen molar-refractivity contribution in [2.45, 2.75) is 20.3 Å². The second-order valence-corrected chi connectivity index (χ2v) is 4.40. The fraction of sp³-hybridized carbons (Fsp3) is 0.235. The fourth-order valence-corrected chi connectivity index (χ4v) is 2.15. The first kappa shape index (κ1) is 13.3. The monoisotopic (exact) mass is 253 g/mol. The first-order valence-corrected chi connectivity index (χ1v) is 6.72. The van der Waals surface area contributed by atoms with Gasteiger partial charge in [-0.2, -0.15) is 0 Å². The van der Waals surface area contributed by atoms with Crippen LogP contribution in [0.3, 0.4) is 0 Å². The molecule has 2 nitrogen and oxygen atoms in total. The normalized spacial score (nSPS) is 10.2. The van der Waals surface area contributed by atoms with E-state index in [1.807, 2.05) is 49.4 Å². The van der Waals surface area contributed by atoms with Crippen LogP contribution in [0.4, 0.5) is 11.4 Å². The predicted molar refractivity (Wildman–Crippen MR) is 80.2 cm³/mol. The molecule has 19 heavy (non-hydrogen) atoms. The Balaban J connectivity index is 2.27. The highest BCUT2D eigenvalue weighted by molar-refractivity contribution is 5.96. The van der Waals surface area contributed by atoms with Crippen molar-refractivity contribution < 1.29 is 4.79 Å². The van der Waals surface area contributed by atoms with E-state index in [1.54, 1.807) is 0 Å². The van der Waals surface area contributed by atoms with Crippen LogP contribution in [0.25, 0.3) is 0 Å². The molecule has 0 aliphatic heterocycles. The minimum atomic E-state index is 0.189. The van der Waals surface area contributed by atoms with E-state index in [-0.39, 0.29) is 5.78 Å².